The van der Waals surface area contributed by atoms with Crippen molar-refractivity contribution in [3.63, 3.8) is 0 Å². The summed E-state index contributed by atoms with van der Waals surface area (Å²) in [6, 6.07) is 3.19. The van der Waals surface area contributed by atoms with Crippen molar-refractivity contribution in [3.8, 4) is 0 Å². The molecule has 1 heterocycles. The summed E-state index contributed by atoms with van der Waals surface area (Å²) >= 11 is 0. The molecule has 1 aromatic carbocycles. The predicted octanol–water partition coefficient (Wildman–Crippen LogP) is 1.93. The summed E-state index contributed by atoms with van der Waals surface area (Å²) < 4.78 is 48.8. The van der Waals surface area contributed by atoms with Gasteiger partial charge in [0, 0.05) is 0 Å². The summed E-state index contributed by atoms with van der Waals surface area (Å²) in [6.45, 7) is 2.94. The minimum Gasteiger partial charge on any atom is -0.376 e. The Morgan fingerprint density at radius 3 is 2.60 bits per heavy atom. The first kappa shape index (κ1) is 15.2. The first-order valence-electron chi connectivity index (χ1n) is 6.26. The van der Waals surface area contributed by atoms with Crippen LogP contribution in [0.4, 0.5) is 13.2 Å². The highest BCUT2D eigenvalue weighted by Crippen LogP contribution is 2.32. The van der Waals surface area contributed by atoms with E-state index in [1.54, 1.807) is 6.92 Å². The molecule has 4 nitrogen and oxygen atoms in total. The van der Waals surface area contributed by atoms with Gasteiger partial charge < -0.3 is 9.47 Å². The molecule has 0 spiro atoms. The zero-order valence-corrected chi connectivity index (χ0v) is 11.0. The lowest BCUT2D eigenvalue weighted by Gasteiger charge is -2.31. The smallest absolute Gasteiger partial charge is 0.376 e. The highest BCUT2D eigenvalue weighted by Gasteiger charge is 2.32. The average molecular weight is 290 g/mol. The van der Waals surface area contributed by atoms with Crippen molar-refractivity contribution in [1.82, 2.24) is 5.43 Å². The molecule has 0 saturated carbocycles. The lowest BCUT2D eigenvalue weighted by atomic mass is 9.95. The van der Waals surface area contributed by atoms with Gasteiger partial charge in [0.25, 0.3) is 0 Å². The zero-order chi connectivity index (χ0) is 14.8. The molecule has 2 atom stereocenters. The van der Waals surface area contributed by atoms with Crippen molar-refractivity contribution in [1.29, 1.82) is 0 Å². The molecule has 1 fully saturated rings. The number of alkyl halides is 3. The van der Waals surface area contributed by atoms with Crippen molar-refractivity contribution >= 4 is 0 Å². The topological polar surface area (TPSA) is 56.5 Å². The fourth-order valence-corrected chi connectivity index (χ4v) is 2.30. The standard InChI is InChI=1S/C13H17F3N2O2/c1-8-6-9(13(14,15)16)2-3-10(8)12(18-17)11-7-19-4-5-20-11/h2-3,6,11-12,18H,4-5,7,17H2,1H3. The molecule has 1 aliphatic rings. The Labute approximate surface area is 115 Å². The van der Waals surface area contributed by atoms with Crippen molar-refractivity contribution in [2.24, 2.45) is 5.84 Å². The van der Waals surface area contributed by atoms with Crippen LogP contribution >= 0.6 is 0 Å². The average Bonchev–Trinajstić information content (AvgIpc) is 2.41. The van der Waals surface area contributed by atoms with Gasteiger partial charge in [0.1, 0.15) is 6.10 Å². The summed E-state index contributed by atoms with van der Waals surface area (Å²) in [5.74, 6) is 5.52. The summed E-state index contributed by atoms with van der Waals surface area (Å²) in [5, 5.41) is 0. The largest absolute Gasteiger partial charge is 0.416 e. The summed E-state index contributed by atoms with van der Waals surface area (Å²) in [4.78, 5) is 0. The second-order valence-electron chi connectivity index (χ2n) is 4.70. The van der Waals surface area contributed by atoms with E-state index < -0.39 is 17.8 Å². The van der Waals surface area contributed by atoms with Gasteiger partial charge in [0.05, 0.1) is 31.4 Å². The Balaban J connectivity index is 2.26. The van der Waals surface area contributed by atoms with E-state index in [2.05, 4.69) is 5.43 Å². The molecule has 1 aliphatic heterocycles. The van der Waals surface area contributed by atoms with Crippen LogP contribution in [0.3, 0.4) is 0 Å². The van der Waals surface area contributed by atoms with Crippen LogP contribution in [0.5, 0.6) is 0 Å². The summed E-state index contributed by atoms with van der Waals surface area (Å²) in [5.41, 5.74) is 3.12. The molecule has 0 amide bonds. The lowest BCUT2D eigenvalue weighted by Crippen LogP contribution is -2.43. The van der Waals surface area contributed by atoms with Crippen molar-refractivity contribution in [3.05, 3.63) is 34.9 Å². The third-order valence-corrected chi connectivity index (χ3v) is 3.33. The van der Waals surface area contributed by atoms with E-state index in [0.717, 1.165) is 12.1 Å². The highest BCUT2D eigenvalue weighted by molar-refractivity contribution is 5.35. The number of hydrogen-bond acceptors (Lipinski definition) is 4. The number of hydrogen-bond donors (Lipinski definition) is 2. The fraction of sp³-hybridized carbons (Fsp3) is 0.538. The van der Waals surface area contributed by atoms with Crippen molar-refractivity contribution < 1.29 is 22.6 Å². The highest BCUT2D eigenvalue weighted by atomic mass is 19.4. The van der Waals surface area contributed by atoms with Crippen LogP contribution < -0.4 is 11.3 Å². The van der Waals surface area contributed by atoms with Gasteiger partial charge in [-0.1, -0.05) is 6.07 Å². The minimum atomic E-state index is -4.35. The van der Waals surface area contributed by atoms with Crippen LogP contribution in [0.1, 0.15) is 22.7 Å². The SMILES string of the molecule is Cc1cc(C(F)(F)F)ccc1C(NN)C1COCCO1. The third-order valence-electron chi connectivity index (χ3n) is 3.33. The molecule has 0 aliphatic carbocycles. The zero-order valence-electron chi connectivity index (χ0n) is 11.0. The van der Waals surface area contributed by atoms with Gasteiger partial charge in [-0.2, -0.15) is 13.2 Å². The number of hydrazine groups is 1. The lowest BCUT2D eigenvalue weighted by molar-refractivity contribution is -0.137. The molecular formula is C13H17F3N2O2. The third kappa shape index (κ3) is 3.29. The Bertz CT molecular complexity index is 459. The monoisotopic (exact) mass is 290 g/mol. The molecule has 20 heavy (non-hydrogen) atoms. The van der Waals surface area contributed by atoms with E-state index in [9.17, 15) is 13.2 Å². The van der Waals surface area contributed by atoms with Crippen LogP contribution in [0.15, 0.2) is 18.2 Å². The van der Waals surface area contributed by atoms with E-state index in [0.29, 0.717) is 30.9 Å². The fourth-order valence-electron chi connectivity index (χ4n) is 2.30. The number of rotatable bonds is 3. The number of aryl methyl sites for hydroxylation is 1. The quantitative estimate of drug-likeness (QED) is 0.660. The Hall–Kier alpha value is -1.15. The van der Waals surface area contributed by atoms with Crippen LogP contribution in [0, 0.1) is 6.92 Å². The van der Waals surface area contributed by atoms with Gasteiger partial charge >= 0.3 is 6.18 Å². The molecule has 2 unspecified atom stereocenters. The molecule has 0 radical (unpaired) electrons. The van der Waals surface area contributed by atoms with Crippen molar-refractivity contribution in [2.45, 2.75) is 25.2 Å². The summed E-state index contributed by atoms with van der Waals surface area (Å²) in [6.07, 6.45) is -4.66. The van der Waals surface area contributed by atoms with Gasteiger partial charge in [0.2, 0.25) is 0 Å². The predicted molar refractivity (Wildman–Crippen MR) is 66.8 cm³/mol. The van der Waals surface area contributed by atoms with E-state index >= 15 is 0 Å². The van der Waals surface area contributed by atoms with E-state index in [1.807, 2.05) is 0 Å². The number of nitrogens with one attached hydrogen (secondary N) is 1. The van der Waals surface area contributed by atoms with Gasteiger partial charge in [0.15, 0.2) is 0 Å². The van der Waals surface area contributed by atoms with Crippen LogP contribution in [0.2, 0.25) is 0 Å². The first-order valence-corrected chi connectivity index (χ1v) is 6.26. The van der Waals surface area contributed by atoms with Crippen molar-refractivity contribution in [2.75, 3.05) is 19.8 Å². The number of benzene rings is 1. The molecule has 0 aromatic heterocycles. The van der Waals surface area contributed by atoms with Gasteiger partial charge in [-0.05, 0) is 30.2 Å². The second-order valence-corrected chi connectivity index (χ2v) is 4.70. The minimum absolute atomic E-state index is 0.316. The van der Waals surface area contributed by atoms with Crippen LogP contribution in [-0.2, 0) is 15.7 Å². The maximum absolute atomic E-state index is 12.7. The van der Waals surface area contributed by atoms with E-state index in [4.69, 9.17) is 15.3 Å². The molecule has 7 heteroatoms. The van der Waals surface area contributed by atoms with Gasteiger partial charge in [-0.25, -0.2) is 0 Å². The van der Waals surface area contributed by atoms with E-state index in [1.165, 1.54) is 6.07 Å². The first-order chi connectivity index (χ1) is 9.43. The normalized spacial score (nSPS) is 21.8. The van der Waals surface area contributed by atoms with Crippen LogP contribution in [-0.4, -0.2) is 25.9 Å². The molecule has 112 valence electrons. The molecule has 0 bridgehead atoms. The second kappa shape index (κ2) is 6.09. The number of halogens is 3. The molecule has 1 aromatic rings. The number of ether oxygens (including phenoxy) is 2. The number of nitrogens with two attached hydrogens (primary N) is 1. The molecule has 1 saturated heterocycles. The Morgan fingerprint density at radius 2 is 2.10 bits per heavy atom. The molecule has 3 N–H and O–H groups in total. The summed E-state index contributed by atoms with van der Waals surface area (Å²) in [7, 11) is 0. The maximum Gasteiger partial charge on any atom is 0.416 e. The maximum atomic E-state index is 12.7. The van der Waals surface area contributed by atoms with Gasteiger partial charge in [-0.15, -0.1) is 0 Å². The van der Waals surface area contributed by atoms with Crippen LogP contribution in [0.25, 0.3) is 0 Å². The van der Waals surface area contributed by atoms with E-state index in [-0.39, 0.29) is 6.10 Å². The Morgan fingerprint density at radius 1 is 1.35 bits per heavy atom. The molecular weight excluding hydrogens is 273 g/mol. The Kier molecular flexibility index (Phi) is 4.64. The van der Waals surface area contributed by atoms with Gasteiger partial charge in [-0.3, -0.25) is 11.3 Å². The molecule has 2 rings (SSSR count).